The molecule has 1 saturated heterocycles. The molecule has 0 N–H and O–H groups in total. The third-order valence-corrected chi connectivity index (χ3v) is 4.67. The largest absolute Gasteiger partial charge is 0.326 e. The van der Waals surface area contributed by atoms with Gasteiger partial charge >= 0.3 is 0 Å². The quantitative estimate of drug-likeness (QED) is 0.869. The number of rotatable bonds is 4. The van der Waals surface area contributed by atoms with E-state index in [1.54, 1.807) is 0 Å². The first-order valence-corrected chi connectivity index (χ1v) is 8.05. The summed E-state index contributed by atoms with van der Waals surface area (Å²) in [4.78, 5) is 6.67. The van der Waals surface area contributed by atoms with Crippen molar-refractivity contribution in [2.24, 2.45) is 5.92 Å². The van der Waals surface area contributed by atoms with E-state index in [9.17, 15) is 4.39 Å². The average Bonchev–Trinajstić information content (AvgIpc) is 3.04. The van der Waals surface area contributed by atoms with Gasteiger partial charge < -0.3 is 4.57 Å². The van der Waals surface area contributed by atoms with Gasteiger partial charge in [-0.15, -0.1) is 0 Å². The molecule has 0 bridgehead atoms. The number of imidazole rings is 1. The number of halogens is 1. The second-order valence-electron chi connectivity index (χ2n) is 6.20. The number of nitriles is 1. The Balaban J connectivity index is 1.70. The highest BCUT2D eigenvalue weighted by molar-refractivity contribution is 5.21. The summed E-state index contributed by atoms with van der Waals surface area (Å²) in [6, 6.07) is 9.11. The third kappa shape index (κ3) is 3.59. The Labute approximate surface area is 136 Å². The number of likely N-dealkylation sites (tertiary alicyclic amines) is 1. The maximum absolute atomic E-state index is 13.1. The molecule has 1 aliphatic rings. The Bertz CT molecular complexity index is 678. The summed E-state index contributed by atoms with van der Waals surface area (Å²) in [6.07, 6.45) is 5.62. The summed E-state index contributed by atoms with van der Waals surface area (Å²) in [5.74, 6) is -0.0125. The van der Waals surface area contributed by atoms with Crippen LogP contribution in [0, 0.1) is 23.1 Å². The molecule has 0 amide bonds. The Morgan fingerprint density at radius 2 is 2.00 bits per heavy atom. The minimum Gasteiger partial charge on any atom is -0.326 e. The maximum atomic E-state index is 13.1. The van der Waals surface area contributed by atoms with Crippen molar-refractivity contribution in [3.63, 3.8) is 0 Å². The van der Waals surface area contributed by atoms with E-state index in [1.165, 1.54) is 12.1 Å². The summed E-state index contributed by atoms with van der Waals surface area (Å²) < 4.78 is 15.2. The van der Waals surface area contributed by atoms with Crippen LogP contribution in [0.1, 0.15) is 37.1 Å². The van der Waals surface area contributed by atoms with Gasteiger partial charge in [0.2, 0.25) is 0 Å². The fourth-order valence-corrected chi connectivity index (χ4v) is 3.15. The molecule has 0 radical (unpaired) electrons. The van der Waals surface area contributed by atoms with Gasteiger partial charge in [-0.25, -0.2) is 9.37 Å². The van der Waals surface area contributed by atoms with Crippen LogP contribution < -0.4 is 0 Å². The van der Waals surface area contributed by atoms with Crippen molar-refractivity contribution in [1.29, 1.82) is 5.26 Å². The molecule has 2 aromatic rings. The van der Waals surface area contributed by atoms with Crippen molar-refractivity contribution >= 4 is 0 Å². The van der Waals surface area contributed by atoms with Crippen LogP contribution in [-0.4, -0.2) is 27.5 Å². The maximum Gasteiger partial charge on any atom is 0.123 e. The second kappa shape index (κ2) is 6.93. The first-order valence-electron chi connectivity index (χ1n) is 8.05. The van der Waals surface area contributed by atoms with Gasteiger partial charge in [0.25, 0.3) is 0 Å². The lowest BCUT2D eigenvalue weighted by Gasteiger charge is -2.29. The molecule has 23 heavy (non-hydrogen) atoms. The fraction of sp³-hybridized carbons (Fsp3) is 0.444. The summed E-state index contributed by atoms with van der Waals surface area (Å²) >= 11 is 0. The van der Waals surface area contributed by atoms with Crippen LogP contribution >= 0.6 is 0 Å². The molecule has 120 valence electrons. The van der Waals surface area contributed by atoms with Crippen LogP contribution in [0.2, 0.25) is 0 Å². The summed E-state index contributed by atoms with van der Waals surface area (Å²) in [5.41, 5.74) is 2.21. The van der Waals surface area contributed by atoms with Crippen LogP contribution in [-0.2, 0) is 6.54 Å². The molecule has 1 atom stereocenters. The predicted octanol–water partition coefficient (Wildman–Crippen LogP) is 3.37. The Kier molecular flexibility index (Phi) is 4.73. The molecule has 1 aromatic heterocycles. The minimum absolute atomic E-state index is 0.116. The highest BCUT2D eigenvalue weighted by Crippen LogP contribution is 2.23. The molecule has 1 aliphatic heterocycles. The van der Waals surface area contributed by atoms with E-state index in [4.69, 9.17) is 5.26 Å². The van der Waals surface area contributed by atoms with E-state index < -0.39 is 0 Å². The van der Waals surface area contributed by atoms with E-state index in [1.807, 2.05) is 24.7 Å². The molecule has 0 saturated carbocycles. The second-order valence-corrected chi connectivity index (χ2v) is 6.20. The molecule has 3 rings (SSSR count). The lowest BCUT2D eigenvalue weighted by molar-refractivity contribution is 0.193. The van der Waals surface area contributed by atoms with Crippen molar-refractivity contribution in [3.05, 3.63) is 53.9 Å². The third-order valence-electron chi connectivity index (χ3n) is 4.67. The van der Waals surface area contributed by atoms with Crippen molar-refractivity contribution in [2.45, 2.75) is 32.4 Å². The van der Waals surface area contributed by atoms with Gasteiger partial charge in [-0.2, -0.15) is 5.26 Å². The summed E-state index contributed by atoms with van der Waals surface area (Å²) in [5, 5.41) is 8.99. The number of benzene rings is 1. The molecule has 0 aliphatic carbocycles. The number of hydrogen-bond acceptors (Lipinski definition) is 3. The van der Waals surface area contributed by atoms with E-state index in [2.05, 4.69) is 27.4 Å². The highest BCUT2D eigenvalue weighted by Gasteiger charge is 2.20. The Morgan fingerprint density at radius 1 is 1.30 bits per heavy atom. The SMILES string of the molecule is C[C@H](c1ccc(F)cc1)n1cncc1CN1CCC(C#N)CC1. The van der Waals surface area contributed by atoms with Gasteiger partial charge in [0.1, 0.15) is 5.82 Å². The number of hydrogen-bond donors (Lipinski definition) is 0. The Morgan fingerprint density at radius 3 is 2.65 bits per heavy atom. The lowest BCUT2D eigenvalue weighted by atomic mass is 9.98. The van der Waals surface area contributed by atoms with Crippen LogP contribution in [0.3, 0.4) is 0 Å². The van der Waals surface area contributed by atoms with Gasteiger partial charge in [0, 0.05) is 18.7 Å². The van der Waals surface area contributed by atoms with Gasteiger partial charge in [-0.3, -0.25) is 4.90 Å². The van der Waals surface area contributed by atoms with Gasteiger partial charge in [0.05, 0.1) is 24.1 Å². The fourth-order valence-electron chi connectivity index (χ4n) is 3.15. The normalized spacial score (nSPS) is 17.8. The van der Waals surface area contributed by atoms with Crippen LogP contribution in [0.4, 0.5) is 4.39 Å². The zero-order valence-electron chi connectivity index (χ0n) is 13.3. The smallest absolute Gasteiger partial charge is 0.123 e. The molecule has 0 unspecified atom stereocenters. The molecule has 4 nitrogen and oxygen atoms in total. The molecule has 1 aromatic carbocycles. The molecular formula is C18H21FN4. The van der Waals surface area contributed by atoms with Crippen molar-refractivity contribution in [1.82, 2.24) is 14.5 Å². The monoisotopic (exact) mass is 312 g/mol. The number of piperidine rings is 1. The topological polar surface area (TPSA) is 44.9 Å². The highest BCUT2D eigenvalue weighted by atomic mass is 19.1. The van der Waals surface area contributed by atoms with Crippen LogP contribution in [0.5, 0.6) is 0 Å². The van der Waals surface area contributed by atoms with Crippen molar-refractivity contribution < 1.29 is 4.39 Å². The molecule has 2 heterocycles. The zero-order valence-corrected chi connectivity index (χ0v) is 13.3. The molecule has 5 heteroatoms. The van der Waals surface area contributed by atoms with E-state index in [-0.39, 0.29) is 17.8 Å². The van der Waals surface area contributed by atoms with Crippen molar-refractivity contribution in [2.75, 3.05) is 13.1 Å². The van der Waals surface area contributed by atoms with E-state index >= 15 is 0 Å². The predicted molar refractivity (Wildman–Crippen MR) is 86.1 cm³/mol. The number of aromatic nitrogens is 2. The lowest BCUT2D eigenvalue weighted by Crippen LogP contribution is -2.33. The Hall–Kier alpha value is -2.19. The number of nitrogens with zero attached hydrogens (tertiary/aromatic N) is 4. The van der Waals surface area contributed by atoms with Crippen LogP contribution in [0.15, 0.2) is 36.8 Å². The summed E-state index contributed by atoms with van der Waals surface area (Å²) in [6.45, 7) is 4.84. The van der Waals surface area contributed by atoms with Gasteiger partial charge in [0.15, 0.2) is 0 Å². The molecule has 0 spiro atoms. The van der Waals surface area contributed by atoms with Crippen molar-refractivity contribution in [3.8, 4) is 6.07 Å². The zero-order chi connectivity index (χ0) is 16.2. The standard InChI is InChI=1S/C18H21FN4/c1-14(16-2-4-17(19)5-3-16)23-13-21-11-18(23)12-22-8-6-15(10-20)7-9-22/h2-5,11,13-15H,6-9,12H2,1H3/t14-/m1/s1. The van der Waals surface area contributed by atoms with E-state index in [0.717, 1.165) is 43.7 Å². The molecular weight excluding hydrogens is 291 g/mol. The first-order chi connectivity index (χ1) is 11.2. The average molecular weight is 312 g/mol. The van der Waals surface area contributed by atoms with Crippen LogP contribution in [0.25, 0.3) is 0 Å². The van der Waals surface area contributed by atoms with E-state index in [0.29, 0.717) is 0 Å². The van der Waals surface area contributed by atoms with Gasteiger partial charge in [-0.05, 0) is 50.6 Å². The summed E-state index contributed by atoms with van der Waals surface area (Å²) in [7, 11) is 0. The molecule has 1 fully saturated rings. The first kappa shape index (κ1) is 15.7. The van der Waals surface area contributed by atoms with Gasteiger partial charge in [-0.1, -0.05) is 12.1 Å². The minimum atomic E-state index is -0.216.